The molecule has 218 valence electrons. The van der Waals surface area contributed by atoms with Gasteiger partial charge >= 0.3 is 4.87 Å². The van der Waals surface area contributed by atoms with E-state index in [9.17, 15) is 14.4 Å². The fourth-order valence-corrected chi connectivity index (χ4v) is 11.1. The van der Waals surface area contributed by atoms with E-state index < -0.39 is 0 Å². The van der Waals surface area contributed by atoms with Crippen molar-refractivity contribution < 1.29 is 19.1 Å². The molecular weight excluding hydrogens is 581 g/mol. The van der Waals surface area contributed by atoms with Crippen molar-refractivity contribution in [3.63, 3.8) is 0 Å². The van der Waals surface area contributed by atoms with E-state index in [4.69, 9.17) is 9.47 Å². The molecule has 3 fully saturated rings. The first kappa shape index (κ1) is 26.8. The number of carbonyl (C=O) groups excluding carboxylic acids is 2. The standard InChI is InChI=1S/C34H30N2O5S2/c1-17-7-6-8-18(13-17)16-41-23-12-11-19(14-24(23)40-2)25-26-21-15-22(29(26)42-31-30(25)43-34(39)35-31)28-27(21)32(37)36(33(28)38)20-9-4-3-5-10-20/h3-14,21-22,25-29H,15-16H2,1-2H3,(H,35,39)/t21-,22-,25?,26?,27?,28?,29?/m1/s1. The van der Waals surface area contributed by atoms with E-state index in [1.165, 1.54) is 21.8 Å². The van der Waals surface area contributed by atoms with Crippen molar-refractivity contribution in [2.24, 2.45) is 29.6 Å². The van der Waals surface area contributed by atoms with Crippen molar-refractivity contribution in [2.75, 3.05) is 12.0 Å². The van der Waals surface area contributed by atoms with Crippen LogP contribution in [0, 0.1) is 36.5 Å². The van der Waals surface area contributed by atoms with Crippen LogP contribution in [0.15, 0.2) is 82.6 Å². The molecule has 8 rings (SSSR count). The molecular formula is C34H30N2O5S2. The topological polar surface area (TPSA) is 88.7 Å². The van der Waals surface area contributed by atoms with E-state index in [0.29, 0.717) is 23.8 Å². The molecule has 2 saturated carbocycles. The van der Waals surface area contributed by atoms with Crippen LogP contribution in [0.5, 0.6) is 11.5 Å². The van der Waals surface area contributed by atoms with Crippen LogP contribution in [0.4, 0.5) is 5.69 Å². The third-order valence-electron chi connectivity index (χ3n) is 9.76. The number of aromatic amines is 1. The molecule has 2 amide bonds. The van der Waals surface area contributed by atoms with Gasteiger partial charge in [0, 0.05) is 16.0 Å². The lowest BCUT2D eigenvalue weighted by Gasteiger charge is -2.43. The molecule has 9 heteroatoms. The number of rotatable bonds is 6. The van der Waals surface area contributed by atoms with Crippen molar-refractivity contribution in [2.45, 2.75) is 36.1 Å². The van der Waals surface area contributed by atoms with Gasteiger partial charge in [-0.25, -0.2) is 0 Å². The molecule has 1 aromatic heterocycles. The van der Waals surface area contributed by atoms with E-state index >= 15 is 0 Å². The van der Waals surface area contributed by atoms with Gasteiger partial charge in [0.1, 0.15) is 6.61 Å². The zero-order valence-corrected chi connectivity index (χ0v) is 25.3. The second-order valence-electron chi connectivity index (χ2n) is 12.0. The zero-order chi connectivity index (χ0) is 29.4. The molecule has 3 heterocycles. The molecule has 4 aromatic rings. The number of anilines is 1. The molecule has 3 aromatic carbocycles. The van der Waals surface area contributed by atoms with E-state index in [0.717, 1.165) is 27.5 Å². The van der Waals surface area contributed by atoms with E-state index in [1.807, 2.05) is 54.6 Å². The van der Waals surface area contributed by atoms with Gasteiger partial charge in [0.2, 0.25) is 11.8 Å². The molecule has 1 N–H and O–H groups in total. The zero-order valence-electron chi connectivity index (χ0n) is 23.7. The summed E-state index contributed by atoms with van der Waals surface area (Å²) < 4.78 is 12.0. The van der Waals surface area contributed by atoms with Crippen LogP contribution >= 0.6 is 23.1 Å². The number of hydrogen-bond donors (Lipinski definition) is 1. The van der Waals surface area contributed by atoms with Crippen molar-refractivity contribution in [1.82, 2.24) is 4.98 Å². The number of H-pyrrole nitrogens is 1. The lowest BCUT2D eigenvalue weighted by atomic mass is 9.68. The lowest BCUT2D eigenvalue weighted by Crippen LogP contribution is -2.42. The number of ether oxygens (including phenoxy) is 2. The number of nitrogens with one attached hydrogen (secondary N) is 1. The molecule has 43 heavy (non-hydrogen) atoms. The molecule has 2 aliphatic carbocycles. The Balaban J connectivity index is 1.15. The fraction of sp³-hybridized carbons (Fsp3) is 0.324. The Morgan fingerprint density at radius 3 is 2.47 bits per heavy atom. The minimum atomic E-state index is -0.335. The smallest absolute Gasteiger partial charge is 0.305 e. The van der Waals surface area contributed by atoms with Crippen LogP contribution in [0.1, 0.15) is 33.9 Å². The quantitative estimate of drug-likeness (QED) is 0.269. The van der Waals surface area contributed by atoms with Crippen LogP contribution in [0.3, 0.4) is 0 Å². The number of thiazole rings is 1. The number of thioether (sulfide) groups is 1. The summed E-state index contributed by atoms with van der Waals surface area (Å²) in [6.45, 7) is 2.48. The summed E-state index contributed by atoms with van der Waals surface area (Å²) >= 11 is 2.95. The summed E-state index contributed by atoms with van der Waals surface area (Å²) in [7, 11) is 1.64. The van der Waals surface area contributed by atoms with E-state index in [-0.39, 0.29) is 57.4 Å². The lowest BCUT2D eigenvalue weighted by molar-refractivity contribution is -0.123. The summed E-state index contributed by atoms with van der Waals surface area (Å²) in [5.74, 6) is 0.634. The van der Waals surface area contributed by atoms with Gasteiger partial charge in [-0.1, -0.05) is 65.4 Å². The second-order valence-corrected chi connectivity index (χ2v) is 14.2. The first-order chi connectivity index (χ1) is 20.9. The number of imide groups is 1. The SMILES string of the molecule is COc1cc(C2c3sc(=O)[nH]c3SC3C2[C@H]2C[C@@H]3C3C(=O)N(c4ccccc4)C(=O)C32)ccc1OCc1cccc(C)c1. The summed E-state index contributed by atoms with van der Waals surface area (Å²) in [6, 6.07) is 23.6. The number of aryl methyl sites for hydroxylation is 1. The Labute approximate surface area is 257 Å². The number of methoxy groups -OCH3 is 1. The van der Waals surface area contributed by atoms with Crippen LogP contribution in [0.2, 0.25) is 0 Å². The van der Waals surface area contributed by atoms with E-state index in [2.05, 4.69) is 30.1 Å². The number of hydrogen-bond acceptors (Lipinski definition) is 7. The maximum absolute atomic E-state index is 13.9. The number of carbonyl (C=O) groups is 2. The van der Waals surface area contributed by atoms with Crippen LogP contribution in [0.25, 0.3) is 0 Å². The summed E-state index contributed by atoms with van der Waals surface area (Å²) in [6.07, 6.45) is 0.849. The number of fused-ring (bicyclic) bond motifs is 9. The molecule has 1 saturated heterocycles. The second kappa shape index (κ2) is 10.1. The average Bonchev–Trinajstić information content (AvgIpc) is 3.75. The summed E-state index contributed by atoms with van der Waals surface area (Å²) in [5, 5.41) is 1.02. The predicted molar refractivity (Wildman–Crippen MR) is 166 cm³/mol. The third-order valence-corrected chi connectivity index (χ3v) is 12.4. The Kier molecular flexibility index (Phi) is 6.31. The molecule has 7 nitrogen and oxygen atoms in total. The molecule has 2 bridgehead atoms. The van der Waals surface area contributed by atoms with Gasteiger partial charge < -0.3 is 14.5 Å². The average molecular weight is 611 g/mol. The van der Waals surface area contributed by atoms with Gasteiger partial charge in [-0.2, -0.15) is 0 Å². The van der Waals surface area contributed by atoms with Gasteiger partial charge in [0.15, 0.2) is 11.5 Å². The van der Waals surface area contributed by atoms with Gasteiger partial charge in [-0.15, -0.1) is 11.8 Å². The van der Waals surface area contributed by atoms with Gasteiger partial charge in [-0.05, 0) is 66.5 Å². The van der Waals surface area contributed by atoms with Crippen LogP contribution in [-0.2, 0) is 16.2 Å². The largest absolute Gasteiger partial charge is 0.493 e. The Bertz CT molecular complexity index is 1820. The Hall–Kier alpha value is -3.82. The van der Waals surface area contributed by atoms with Crippen molar-refractivity contribution in [3.8, 4) is 11.5 Å². The third kappa shape index (κ3) is 4.12. The first-order valence-electron chi connectivity index (χ1n) is 14.6. The normalized spacial score (nSPS) is 28.5. The molecule has 2 aliphatic heterocycles. The van der Waals surface area contributed by atoms with Crippen LogP contribution in [-0.4, -0.2) is 29.2 Å². The predicted octanol–water partition coefficient (Wildman–Crippen LogP) is 6.01. The monoisotopic (exact) mass is 610 g/mol. The molecule has 0 radical (unpaired) electrons. The highest BCUT2D eigenvalue weighted by Crippen LogP contribution is 2.68. The number of amides is 2. The molecule has 5 unspecified atom stereocenters. The molecule has 4 aliphatic rings. The van der Waals surface area contributed by atoms with Gasteiger partial charge in [0.25, 0.3) is 0 Å². The number of nitrogens with zero attached hydrogens (tertiary/aromatic N) is 1. The van der Waals surface area contributed by atoms with Gasteiger partial charge in [0.05, 0.1) is 29.7 Å². The minimum Gasteiger partial charge on any atom is -0.493 e. The van der Waals surface area contributed by atoms with Crippen molar-refractivity contribution >= 4 is 40.6 Å². The Morgan fingerprint density at radius 1 is 0.907 bits per heavy atom. The maximum Gasteiger partial charge on any atom is 0.305 e. The van der Waals surface area contributed by atoms with Gasteiger partial charge in [-0.3, -0.25) is 19.3 Å². The molecule has 7 atom stereocenters. The summed E-state index contributed by atoms with van der Waals surface area (Å²) in [4.78, 5) is 45.8. The summed E-state index contributed by atoms with van der Waals surface area (Å²) in [5.41, 5.74) is 3.94. The van der Waals surface area contributed by atoms with E-state index in [1.54, 1.807) is 18.9 Å². The molecule has 0 spiro atoms. The maximum atomic E-state index is 13.9. The Morgan fingerprint density at radius 2 is 1.70 bits per heavy atom. The highest BCUT2D eigenvalue weighted by molar-refractivity contribution is 8.00. The van der Waals surface area contributed by atoms with Crippen molar-refractivity contribution in [1.29, 1.82) is 0 Å². The minimum absolute atomic E-state index is 0.0521. The van der Waals surface area contributed by atoms with Crippen molar-refractivity contribution in [3.05, 3.63) is 104 Å². The number of para-hydroxylation sites is 1. The highest BCUT2D eigenvalue weighted by atomic mass is 32.2. The fourth-order valence-electron chi connectivity index (χ4n) is 8.18. The van der Waals surface area contributed by atoms with Crippen LogP contribution < -0.4 is 19.2 Å². The first-order valence-corrected chi connectivity index (χ1v) is 16.3. The highest BCUT2D eigenvalue weighted by Gasteiger charge is 2.69. The number of aromatic nitrogens is 1. The number of benzene rings is 3.